The van der Waals surface area contributed by atoms with Crippen molar-refractivity contribution < 1.29 is 9.67 Å². The van der Waals surface area contributed by atoms with E-state index in [9.17, 15) is 9.90 Å². The van der Waals surface area contributed by atoms with Gasteiger partial charge in [-0.2, -0.15) is 0 Å². The molecule has 0 aliphatic carbocycles. The highest BCUT2D eigenvalue weighted by Gasteiger charge is 2.21. The summed E-state index contributed by atoms with van der Waals surface area (Å²) in [4.78, 5) is 12.2. The van der Waals surface area contributed by atoms with Gasteiger partial charge < -0.3 is 5.11 Å². The molecule has 0 N–H and O–H groups in total. The molecule has 18 heavy (non-hydrogen) atoms. The third-order valence-electron chi connectivity index (χ3n) is 2.85. The molecule has 0 fully saturated rings. The van der Waals surface area contributed by atoms with Crippen LogP contribution in [0.25, 0.3) is 5.65 Å². The summed E-state index contributed by atoms with van der Waals surface area (Å²) in [5, 5.41) is 16.5. The smallest absolute Gasteiger partial charge is 0.365 e. The SMILES string of the molecule is CC[n+]1c([O-])c(C(C)C)c(=O)n2nc(Cl)ccc21. The number of hydrogen-bond donors (Lipinski definition) is 0. The second-order valence-corrected chi connectivity index (χ2v) is 4.74. The number of rotatable bonds is 2. The molecule has 6 heteroatoms. The van der Waals surface area contributed by atoms with Gasteiger partial charge in [0.25, 0.3) is 0 Å². The molecule has 0 aliphatic rings. The molecule has 96 valence electrons. The van der Waals surface area contributed by atoms with Gasteiger partial charge in [0.05, 0.1) is 18.0 Å². The van der Waals surface area contributed by atoms with E-state index in [1.165, 1.54) is 9.08 Å². The summed E-state index contributed by atoms with van der Waals surface area (Å²) in [5.41, 5.74) is 0.308. The molecule has 0 atom stereocenters. The van der Waals surface area contributed by atoms with Crippen molar-refractivity contribution >= 4 is 17.2 Å². The van der Waals surface area contributed by atoms with Gasteiger partial charge in [0.1, 0.15) is 0 Å². The van der Waals surface area contributed by atoms with Crippen LogP contribution < -0.4 is 15.2 Å². The lowest BCUT2D eigenvalue weighted by Gasteiger charge is -2.16. The van der Waals surface area contributed by atoms with Gasteiger partial charge in [-0.05, 0) is 18.9 Å². The van der Waals surface area contributed by atoms with Crippen LogP contribution in [0.4, 0.5) is 0 Å². The second-order valence-electron chi connectivity index (χ2n) is 4.35. The maximum atomic E-state index is 12.3. The number of fused-ring (bicyclic) bond motifs is 1. The highest BCUT2D eigenvalue weighted by Crippen LogP contribution is 2.16. The Balaban J connectivity index is 3.01. The molecule has 0 radical (unpaired) electrons. The number of hydrogen-bond acceptors (Lipinski definition) is 3. The molecule has 0 aromatic carbocycles. The number of nitrogens with zero attached hydrogens (tertiary/aromatic N) is 3. The number of halogens is 1. The molecule has 0 saturated carbocycles. The van der Waals surface area contributed by atoms with Gasteiger partial charge in [-0.25, -0.2) is 9.36 Å². The number of aryl methyl sites for hydroxylation is 1. The fourth-order valence-electron chi connectivity index (χ4n) is 2.00. The molecule has 0 unspecified atom stereocenters. The minimum atomic E-state index is -0.391. The lowest BCUT2D eigenvalue weighted by molar-refractivity contribution is -0.714. The Hall–Kier alpha value is -1.62. The topological polar surface area (TPSA) is 61.3 Å². The van der Waals surface area contributed by atoms with Crippen LogP contribution in [0, 0.1) is 0 Å². The molecule has 2 heterocycles. The van der Waals surface area contributed by atoms with E-state index in [2.05, 4.69) is 5.10 Å². The summed E-state index contributed by atoms with van der Waals surface area (Å²) < 4.78 is 2.72. The highest BCUT2D eigenvalue weighted by molar-refractivity contribution is 6.29. The Morgan fingerprint density at radius 2 is 2.17 bits per heavy atom. The predicted molar refractivity (Wildman–Crippen MR) is 65.9 cm³/mol. The molecule has 0 amide bonds. The van der Waals surface area contributed by atoms with E-state index in [1.54, 1.807) is 12.1 Å². The van der Waals surface area contributed by atoms with Crippen LogP contribution in [-0.2, 0) is 6.54 Å². The molecule has 2 aromatic heterocycles. The molecular weight excluding hydrogens is 254 g/mol. The van der Waals surface area contributed by atoms with Gasteiger partial charge in [0, 0.05) is 6.07 Å². The monoisotopic (exact) mass is 267 g/mol. The first-order chi connectivity index (χ1) is 8.47. The van der Waals surface area contributed by atoms with Crippen molar-refractivity contribution in [3.05, 3.63) is 33.2 Å². The molecule has 2 rings (SSSR count). The first-order valence-electron chi connectivity index (χ1n) is 5.79. The van der Waals surface area contributed by atoms with Gasteiger partial charge in [0.2, 0.25) is 0 Å². The van der Waals surface area contributed by atoms with Crippen LogP contribution in [-0.4, -0.2) is 9.61 Å². The average molecular weight is 268 g/mol. The fraction of sp³-hybridized carbons (Fsp3) is 0.417. The summed E-state index contributed by atoms with van der Waals surface area (Å²) in [6, 6.07) is 3.20. The van der Waals surface area contributed by atoms with Crippen molar-refractivity contribution in [2.45, 2.75) is 33.2 Å². The fourth-order valence-corrected chi connectivity index (χ4v) is 2.14. The van der Waals surface area contributed by atoms with Gasteiger partial charge >= 0.3 is 11.2 Å². The molecule has 0 bridgehead atoms. The minimum absolute atomic E-state index is 0.152. The zero-order chi connectivity index (χ0) is 13.4. The van der Waals surface area contributed by atoms with Crippen molar-refractivity contribution in [1.82, 2.24) is 9.61 Å². The summed E-state index contributed by atoms with van der Waals surface area (Å²) in [6.45, 7) is 5.96. The molecule has 0 saturated heterocycles. The van der Waals surface area contributed by atoms with Crippen molar-refractivity contribution in [3.8, 4) is 5.88 Å². The van der Waals surface area contributed by atoms with Gasteiger partial charge in [-0.15, -0.1) is 0 Å². The van der Waals surface area contributed by atoms with E-state index in [1.807, 2.05) is 20.8 Å². The highest BCUT2D eigenvalue weighted by atomic mass is 35.5. The standard InChI is InChI=1S/C12H14ClN3O2/c1-4-15-9-6-5-8(13)14-16(9)12(18)10(7(2)3)11(15)17/h5-7H,4H2,1-3H3. The predicted octanol–water partition coefficient (Wildman–Crippen LogP) is 0.852. The van der Waals surface area contributed by atoms with E-state index in [0.717, 1.165) is 0 Å². The normalized spacial score (nSPS) is 11.4. The first-order valence-corrected chi connectivity index (χ1v) is 6.17. The van der Waals surface area contributed by atoms with Crippen molar-refractivity contribution in [3.63, 3.8) is 0 Å². The van der Waals surface area contributed by atoms with Crippen LogP contribution in [0.1, 0.15) is 32.3 Å². The molecule has 5 nitrogen and oxygen atoms in total. The zero-order valence-corrected chi connectivity index (χ0v) is 11.2. The Morgan fingerprint density at radius 1 is 1.50 bits per heavy atom. The van der Waals surface area contributed by atoms with Crippen LogP contribution in [0.15, 0.2) is 16.9 Å². The average Bonchev–Trinajstić information content (AvgIpc) is 2.30. The van der Waals surface area contributed by atoms with Crippen molar-refractivity contribution in [2.75, 3.05) is 0 Å². The van der Waals surface area contributed by atoms with E-state index < -0.39 is 5.56 Å². The van der Waals surface area contributed by atoms with Gasteiger partial charge in [0.15, 0.2) is 5.15 Å². The molecular formula is C12H14ClN3O2. The summed E-state index contributed by atoms with van der Waals surface area (Å²) in [7, 11) is 0. The second kappa shape index (κ2) is 4.57. The molecule has 2 aromatic rings. The van der Waals surface area contributed by atoms with Crippen LogP contribution in [0.5, 0.6) is 5.88 Å². The third kappa shape index (κ3) is 1.84. The first kappa shape index (κ1) is 12.8. The van der Waals surface area contributed by atoms with E-state index >= 15 is 0 Å². The summed E-state index contributed by atoms with van der Waals surface area (Å²) in [6.07, 6.45) is 0. The van der Waals surface area contributed by atoms with E-state index in [4.69, 9.17) is 11.6 Å². The summed E-state index contributed by atoms with van der Waals surface area (Å²) >= 11 is 5.80. The van der Waals surface area contributed by atoms with E-state index in [0.29, 0.717) is 12.2 Å². The summed E-state index contributed by atoms with van der Waals surface area (Å²) in [5.74, 6) is -0.401. The number of aromatic nitrogens is 3. The Bertz CT molecular complexity index is 664. The van der Waals surface area contributed by atoms with Gasteiger partial charge in [-0.1, -0.05) is 35.1 Å². The van der Waals surface area contributed by atoms with E-state index in [-0.39, 0.29) is 22.5 Å². The van der Waals surface area contributed by atoms with Crippen LogP contribution in [0.3, 0.4) is 0 Å². The minimum Gasteiger partial charge on any atom is -0.842 e. The van der Waals surface area contributed by atoms with Crippen LogP contribution >= 0.6 is 11.6 Å². The third-order valence-corrected chi connectivity index (χ3v) is 3.05. The van der Waals surface area contributed by atoms with Crippen molar-refractivity contribution in [2.24, 2.45) is 0 Å². The maximum absolute atomic E-state index is 12.3. The van der Waals surface area contributed by atoms with Crippen LogP contribution in [0.2, 0.25) is 5.15 Å². The Kier molecular flexibility index (Phi) is 3.26. The Morgan fingerprint density at radius 3 is 2.72 bits per heavy atom. The van der Waals surface area contributed by atoms with Crippen molar-refractivity contribution in [1.29, 1.82) is 0 Å². The quantitative estimate of drug-likeness (QED) is 0.758. The largest absolute Gasteiger partial charge is 0.842 e. The molecule has 0 aliphatic heterocycles. The Labute approximate surface area is 109 Å². The lowest BCUT2D eigenvalue weighted by atomic mass is 10.1. The maximum Gasteiger partial charge on any atom is 0.365 e. The van der Waals surface area contributed by atoms with Gasteiger partial charge in [-0.3, -0.25) is 0 Å². The molecule has 0 spiro atoms. The zero-order valence-electron chi connectivity index (χ0n) is 10.5. The lowest BCUT2D eigenvalue weighted by Crippen LogP contribution is -2.45.